The Bertz CT molecular complexity index is 507. The maximum absolute atomic E-state index is 11.4. The van der Waals surface area contributed by atoms with Crippen molar-refractivity contribution < 1.29 is 8.53 Å². The van der Waals surface area contributed by atoms with Gasteiger partial charge in [-0.05, 0) is 12.1 Å². The summed E-state index contributed by atoms with van der Waals surface area (Å²) in [5.74, 6) is 0. The molecular formula is C9H10O3Si2. The van der Waals surface area contributed by atoms with Crippen molar-refractivity contribution in [2.45, 2.75) is 0 Å². The van der Waals surface area contributed by atoms with Crippen LogP contribution in [0, 0.1) is 0 Å². The summed E-state index contributed by atoms with van der Waals surface area (Å²) >= 11 is 0. The molecule has 1 aromatic heterocycles. The van der Waals surface area contributed by atoms with Gasteiger partial charge in [0.1, 0.15) is 16.1 Å². The lowest BCUT2D eigenvalue weighted by Gasteiger charge is -1.99. The quantitative estimate of drug-likeness (QED) is 0.473. The summed E-state index contributed by atoms with van der Waals surface area (Å²) in [4.78, 5) is 11.4. The number of hydrogen-bond donors (Lipinski definition) is 0. The fourth-order valence-electron chi connectivity index (χ4n) is 1.36. The molecule has 0 N–H and O–H groups in total. The molecule has 72 valence electrons. The van der Waals surface area contributed by atoms with Crippen molar-refractivity contribution in [3.8, 4) is 0 Å². The molecule has 0 saturated carbocycles. The van der Waals surface area contributed by atoms with E-state index in [4.69, 9.17) is 8.53 Å². The van der Waals surface area contributed by atoms with Crippen LogP contribution in [-0.2, 0) is 4.12 Å². The van der Waals surface area contributed by atoms with Crippen LogP contribution in [0.15, 0.2) is 39.5 Å². The number of para-hydroxylation sites is 1. The molecular weight excluding hydrogens is 212 g/mol. The second-order valence-electron chi connectivity index (χ2n) is 3.03. The summed E-state index contributed by atoms with van der Waals surface area (Å²) in [5.41, 5.74) is 0.398. The second kappa shape index (κ2) is 3.91. The van der Waals surface area contributed by atoms with E-state index >= 15 is 0 Å². The van der Waals surface area contributed by atoms with E-state index in [9.17, 15) is 4.79 Å². The molecule has 0 fully saturated rings. The van der Waals surface area contributed by atoms with Gasteiger partial charge in [0.25, 0.3) is 0 Å². The number of rotatable bonds is 2. The molecule has 0 aliphatic rings. The lowest BCUT2D eigenvalue weighted by Crippen LogP contribution is -2.31. The average molecular weight is 222 g/mol. The van der Waals surface area contributed by atoms with Gasteiger partial charge in [0.2, 0.25) is 0 Å². The Hall–Kier alpha value is -1.18. The van der Waals surface area contributed by atoms with Gasteiger partial charge in [-0.3, -0.25) is 0 Å². The van der Waals surface area contributed by atoms with Crippen LogP contribution in [0.5, 0.6) is 0 Å². The third-order valence-electron chi connectivity index (χ3n) is 2.01. The molecule has 0 saturated heterocycles. The molecule has 3 nitrogen and oxygen atoms in total. The van der Waals surface area contributed by atoms with Gasteiger partial charge in [-0.1, -0.05) is 18.2 Å². The van der Waals surface area contributed by atoms with Gasteiger partial charge >= 0.3 is 5.63 Å². The molecule has 0 amide bonds. The van der Waals surface area contributed by atoms with Gasteiger partial charge in [0.05, 0.1) is 0 Å². The largest absolute Gasteiger partial charge is 0.464 e. The highest BCUT2D eigenvalue weighted by Crippen LogP contribution is 2.08. The Balaban J connectivity index is 2.65. The molecule has 2 rings (SSSR count). The molecule has 0 aliphatic carbocycles. The molecule has 1 aromatic carbocycles. The molecule has 2 aromatic rings. The third-order valence-corrected chi connectivity index (χ3v) is 3.97. The first-order chi connectivity index (χ1) is 6.81. The van der Waals surface area contributed by atoms with Crippen molar-refractivity contribution >= 4 is 36.4 Å². The van der Waals surface area contributed by atoms with E-state index in [1.54, 1.807) is 6.07 Å². The van der Waals surface area contributed by atoms with Gasteiger partial charge in [-0.25, -0.2) is 4.79 Å². The molecule has 5 heteroatoms. The van der Waals surface area contributed by atoms with Crippen molar-refractivity contribution in [2.24, 2.45) is 0 Å². The molecule has 0 unspecified atom stereocenters. The Labute approximate surface area is 86.2 Å². The van der Waals surface area contributed by atoms with E-state index in [2.05, 4.69) is 0 Å². The van der Waals surface area contributed by atoms with E-state index in [0.29, 0.717) is 16.1 Å². The summed E-state index contributed by atoms with van der Waals surface area (Å²) in [6.45, 7) is 0. The Morgan fingerprint density at radius 3 is 2.93 bits per heavy atom. The van der Waals surface area contributed by atoms with Crippen molar-refractivity contribution in [3.05, 3.63) is 40.8 Å². The van der Waals surface area contributed by atoms with Gasteiger partial charge < -0.3 is 8.53 Å². The fourth-order valence-corrected chi connectivity index (χ4v) is 3.10. The van der Waals surface area contributed by atoms with Crippen LogP contribution in [0.4, 0.5) is 0 Å². The number of hydrogen-bond acceptors (Lipinski definition) is 3. The maximum Gasteiger partial charge on any atom is 0.337 e. The van der Waals surface area contributed by atoms with E-state index < -0.39 is 9.76 Å². The first-order valence-electron chi connectivity index (χ1n) is 4.32. The smallest absolute Gasteiger partial charge is 0.337 e. The van der Waals surface area contributed by atoms with Crippen LogP contribution < -0.4 is 10.8 Å². The molecule has 1 heterocycles. The van der Waals surface area contributed by atoms with Gasteiger partial charge in [-0.2, -0.15) is 0 Å². The van der Waals surface area contributed by atoms with Crippen LogP contribution in [0.25, 0.3) is 11.0 Å². The van der Waals surface area contributed by atoms with Gasteiger partial charge in [-0.15, -0.1) is 0 Å². The van der Waals surface area contributed by atoms with Gasteiger partial charge in [0.15, 0.2) is 9.76 Å². The lowest BCUT2D eigenvalue weighted by atomic mass is 10.2. The highest BCUT2D eigenvalue weighted by molar-refractivity contribution is 6.50. The third kappa shape index (κ3) is 1.70. The van der Waals surface area contributed by atoms with Crippen LogP contribution in [0.1, 0.15) is 0 Å². The highest BCUT2D eigenvalue weighted by Gasteiger charge is 2.03. The van der Waals surface area contributed by atoms with Crippen LogP contribution >= 0.6 is 0 Å². The van der Waals surface area contributed by atoms with E-state index in [0.717, 1.165) is 10.6 Å². The molecule has 0 radical (unpaired) electrons. The molecule has 0 bridgehead atoms. The van der Waals surface area contributed by atoms with Crippen LogP contribution in [0.2, 0.25) is 0 Å². The zero-order chi connectivity index (χ0) is 9.97. The molecule has 0 atom stereocenters. The fraction of sp³-hybridized carbons (Fsp3) is 0. The first-order valence-corrected chi connectivity index (χ1v) is 6.42. The summed E-state index contributed by atoms with van der Waals surface area (Å²) in [5, 5.41) is 1.69. The predicted octanol–water partition coefficient (Wildman–Crippen LogP) is -1.20. The Morgan fingerprint density at radius 1 is 1.36 bits per heavy atom. The standard InChI is InChI=1S/C9H10O3Si2/c10-9-8(14-12-13)5-6-3-1-2-4-7(6)11-9/h1-5H,14H2,13H3. The monoisotopic (exact) mass is 222 g/mol. The van der Waals surface area contributed by atoms with E-state index in [-0.39, 0.29) is 5.63 Å². The summed E-state index contributed by atoms with van der Waals surface area (Å²) in [7, 11) is -0.179. The highest BCUT2D eigenvalue weighted by atomic mass is 28.3. The van der Waals surface area contributed by atoms with Gasteiger partial charge in [0, 0.05) is 10.6 Å². The minimum Gasteiger partial charge on any atom is -0.464 e. The molecule has 0 aliphatic heterocycles. The SMILES string of the molecule is O=c1oc2ccccc2cc1[SiH2]O[SiH3]. The van der Waals surface area contributed by atoms with E-state index in [1.165, 1.54) is 0 Å². The summed E-state index contributed by atoms with van der Waals surface area (Å²) < 4.78 is 10.3. The Morgan fingerprint density at radius 2 is 2.14 bits per heavy atom. The average Bonchev–Trinajstić information content (AvgIpc) is 2.19. The van der Waals surface area contributed by atoms with Crippen LogP contribution in [0.3, 0.4) is 0 Å². The van der Waals surface area contributed by atoms with Crippen molar-refractivity contribution in [1.29, 1.82) is 0 Å². The lowest BCUT2D eigenvalue weighted by molar-refractivity contribution is 0.564. The first kappa shape index (κ1) is 9.38. The zero-order valence-electron chi connectivity index (χ0n) is 7.82. The van der Waals surface area contributed by atoms with Crippen molar-refractivity contribution in [2.75, 3.05) is 0 Å². The maximum atomic E-state index is 11.4. The number of benzene rings is 1. The topological polar surface area (TPSA) is 39.4 Å². The predicted molar refractivity (Wildman–Crippen MR) is 61.7 cm³/mol. The number of fused-ring (bicyclic) bond motifs is 1. The van der Waals surface area contributed by atoms with Crippen molar-refractivity contribution in [1.82, 2.24) is 0 Å². The minimum atomic E-state index is -0.863. The summed E-state index contributed by atoms with van der Waals surface area (Å²) in [6.07, 6.45) is 0. The Kier molecular flexibility index (Phi) is 2.62. The normalized spacial score (nSPS) is 11.7. The molecule has 14 heavy (non-hydrogen) atoms. The molecule has 0 spiro atoms. The summed E-state index contributed by atoms with van der Waals surface area (Å²) in [6, 6.07) is 9.39. The van der Waals surface area contributed by atoms with E-state index in [1.807, 2.05) is 24.3 Å². The minimum absolute atomic E-state index is 0.244. The second-order valence-corrected chi connectivity index (χ2v) is 6.39. The van der Waals surface area contributed by atoms with Crippen LogP contribution in [-0.4, -0.2) is 20.2 Å². The zero-order valence-corrected chi connectivity index (χ0v) is 11.2. The van der Waals surface area contributed by atoms with Crippen molar-refractivity contribution in [3.63, 3.8) is 0 Å².